The predicted molar refractivity (Wildman–Crippen MR) is 100 cm³/mol. The molecule has 0 saturated heterocycles. The molecule has 0 atom stereocenters. The molecule has 3 aromatic rings. The summed E-state index contributed by atoms with van der Waals surface area (Å²) in [6.45, 7) is 4.39. The minimum atomic E-state index is -0.292. The summed E-state index contributed by atoms with van der Waals surface area (Å²) in [4.78, 5) is 19.9. The minimum absolute atomic E-state index is 0.00236. The van der Waals surface area contributed by atoms with E-state index in [1.165, 1.54) is 12.1 Å². The number of fused-ring (bicyclic) bond motifs is 1. The summed E-state index contributed by atoms with van der Waals surface area (Å²) < 4.78 is 18.7. The molecule has 26 heavy (non-hydrogen) atoms. The Kier molecular flexibility index (Phi) is 4.20. The molecule has 0 N–H and O–H groups in total. The molecule has 0 bridgehead atoms. The number of halogens is 1. The SMILES string of the molecule is Cc1nc(-c2ccc3c(c2)N(Cc2ccc(F)cc2)C(=O)CO3)c(C)s1. The highest BCUT2D eigenvalue weighted by Gasteiger charge is 2.26. The molecule has 4 nitrogen and oxygen atoms in total. The topological polar surface area (TPSA) is 42.4 Å². The Morgan fingerprint density at radius 2 is 1.96 bits per heavy atom. The number of benzene rings is 2. The Bertz CT molecular complexity index is 982. The number of amides is 1. The maximum absolute atomic E-state index is 13.2. The van der Waals surface area contributed by atoms with Gasteiger partial charge in [0.2, 0.25) is 0 Å². The first-order chi connectivity index (χ1) is 12.5. The van der Waals surface area contributed by atoms with Crippen LogP contribution in [0.1, 0.15) is 15.4 Å². The van der Waals surface area contributed by atoms with Crippen LogP contribution in [0.25, 0.3) is 11.3 Å². The summed E-state index contributed by atoms with van der Waals surface area (Å²) in [6.07, 6.45) is 0. The van der Waals surface area contributed by atoms with Crippen LogP contribution in [0.4, 0.5) is 10.1 Å². The third-order valence-electron chi connectivity index (χ3n) is 4.33. The molecule has 1 aliphatic heterocycles. The molecule has 0 spiro atoms. The quantitative estimate of drug-likeness (QED) is 0.684. The summed E-state index contributed by atoms with van der Waals surface area (Å²) >= 11 is 1.65. The van der Waals surface area contributed by atoms with Crippen molar-refractivity contribution in [2.45, 2.75) is 20.4 Å². The molecule has 2 aromatic carbocycles. The average Bonchev–Trinajstić information content (AvgIpc) is 2.97. The zero-order valence-corrected chi connectivity index (χ0v) is 15.3. The lowest BCUT2D eigenvalue weighted by molar-refractivity contribution is -0.121. The number of thiazole rings is 1. The molecule has 0 fully saturated rings. The van der Waals surface area contributed by atoms with Crippen molar-refractivity contribution in [1.82, 2.24) is 4.98 Å². The van der Waals surface area contributed by atoms with E-state index in [9.17, 15) is 9.18 Å². The third-order valence-corrected chi connectivity index (χ3v) is 5.22. The van der Waals surface area contributed by atoms with Crippen molar-refractivity contribution < 1.29 is 13.9 Å². The van der Waals surface area contributed by atoms with Gasteiger partial charge in [0, 0.05) is 10.4 Å². The zero-order chi connectivity index (χ0) is 18.3. The van der Waals surface area contributed by atoms with Crippen molar-refractivity contribution in [3.63, 3.8) is 0 Å². The number of carbonyl (C=O) groups excluding carboxylic acids is 1. The van der Waals surface area contributed by atoms with Crippen LogP contribution in [0.15, 0.2) is 42.5 Å². The van der Waals surface area contributed by atoms with Crippen LogP contribution in [0.2, 0.25) is 0 Å². The first-order valence-corrected chi connectivity index (χ1v) is 9.09. The maximum atomic E-state index is 13.2. The Morgan fingerprint density at radius 3 is 2.65 bits per heavy atom. The van der Waals surface area contributed by atoms with Gasteiger partial charge in [0.1, 0.15) is 11.6 Å². The molecule has 1 amide bonds. The molecular weight excluding hydrogens is 351 g/mol. The van der Waals surface area contributed by atoms with Gasteiger partial charge in [-0.2, -0.15) is 0 Å². The Hall–Kier alpha value is -2.73. The van der Waals surface area contributed by atoms with E-state index >= 15 is 0 Å². The second kappa shape index (κ2) is 6.53. The van der Waals surface area contributed by atoms with Gasteiger partial charge in [-0.15, -0.1) is 11.3 Å². The predicted octanol–water partition coefficient (Wildman–Crippen LogP) is 4.49. The Labute approximate surface area is 154 Å². The number of nitrogens with zero attached hydrogens (tertiary/aromatic N) is 2. The van der Waals surface area contributed by atoms with Gasteiger partial charge in [-0.05, 0) is 49.7 Å². The highest BCUT2D eigenvalue weighted by Crippen LogP contribution is 2.38. The van der Waals surface area contributed by atoms with Gasteiger partial charge in [0.05, 0.1) is 22.9 Å². The first-order valence-electron chi connectivity index (χ1n) is 8.27. The van der Waals surface area contributed by atoms with Gasteiger partial charge in [0.15, 0.2) is 6.61 Å². The van der Waals surface area contributed by atoms with Gasteiger partial charge >= 0.3 is 0 Å². The molecule has 4 rings (SSSR count). The molecule has 1 aromatic heterocycles. The second-order valence-electron chi connectivity index (χ2n) is 6.22. The van der Waals surface area contributed by atoms with Crippen LogP contribution in [-0.4, -0.2) is 17.5 Å². The molecular formula is C20H17FN2O2S. The molecule has 0 radical (unpaired) electrons. The lowest BCUT2D eigenvalue weighted by Crippen LogP contribution is -2.38. The highest BCUT2D eigenvalue weighted by atomic mass is 32.1. The van der Waals surface area contributed by atoms with Crippen molar-refractivity contribution in [3.05, 3.63) is 63.7 Å². The maximum Gasteiger partial charge on any atom is 0.265 e. The van der Waals surface area contributed by atoms with Crippen LogP contribution >= 0.6 is 11.3 Å². The molecule has 2 heterocycles. The number of hydrogen-bond donors (Lipinski definition) is 0. The van der Waals surface area contributed by atoms with Gasteiger partial charge in [-0.3, -0.25) is 4.79 Å². The van der Waals surface area contributed by atoms with Crippen LogP contribution in [0, 0.1) is 19.7 Å². The van der Waals surface area contributed by atoms with Crippen molar-refractivity contribution >= 4 is 22.9 Å². The van der Waals surface area contributed by atoms with E-state index in [0.29, 0.717) is 18.0 Å². The summed E-state index contributed by atoms with van der Waals surface area (Å²) in [5.74, 6) is 0.254. The molecule has 0 unspecified atom stereocenters. The molecule has 1 aliphatic rings. The lowest BCUT2D eigenvalue weighted by Gasteiger charge is -2.30. The zero-order valence-electron chi connectivity index (χ0n) is 14.5. The highest BCUT2D eigenvalue weighted by molar-refractivity contribution is 7.11. The molecule has 6 heteroatoms. The van der Waals surface area contributed by atoms with E-state index in [0.717, 1.165) is 26.7 Å². The molecule has 0 aliphatic carbocycles. The molecule has 0 saturated carbocycles. The van der Waals surface area contributed by atoms with E-state index in [4.69, 9.17) is 4.74 Å². The Morgan fingerprint density at radius 1 is 1.19 bits per heavy atom. The number of anilines is 1. The number of ether oxygens (including phenoxy) is 1. The van der Waals surface area contributed by atoms with Crippen LogP contribution in [0.3, 0.4) is 0 Å². The fourth-order valence-electron chi connectivity index (χ4n) is 3.09. The number of carbonyl (C=O) groups is 1. The van der Waals surface area contributed by atoms with Crippen LogP contribution in [0.5, 0.6) is 5.75 Å². The monoisotopic (exact) mass is 368 g/mol. The number of aromatic nitrogens is 1. The summed E-state index contributed by atoms with van der Waals surface area (Å²) in [6, 6.07) is 12.0. The van der Waals surface area contributed by atoms with E-state index in [1.807, 2.05) is 32.0 Å². The number of rotatable bonds is 3. The fraction of sp³-hybridized carbons (Fsp3) is 0.200. The summed E-state index contributed by atoms with van der Waals surface area (Å²) in [5.41, 5.74) is 3.45. The van der Waals surface area contributed by atoms with E-state index in [2.05, 4.69) is 4.98 Å². The second-order valence-corrected chi connectivity index (χ2v) is 7.62. The van der Waals surface area contributed by atoms with Crippen LogP contribution < -0.4 is 9.64 Å². The smallest absolute Gasteiger partial charge is 0.265 e. The largest absolute Gasteiger partial charge is 0.482 e. The van der Waals surface area contributed by atoms with Crippen molar-refractivity contribution in [2.75, 3.05) is 11.5 Å². The molecule has 132 valence electrons. The van der Waals surface area contributed by atoms with E-state index < -0.39 is 0 Å². The van der Waals surface area contributed by atoms with Crippen molar-refractivity contribution in [2.24, 2.45) is 0 Å². The van der Waals surface area contributed by atoms with Gasteiger partial charge in [-0.25, -0.2) is 9.37 Å². The fourth-order valence-corrected chi connectivity index (χ4v) is 3.93. The van der Waals surface area contributed by atoms with Gasteiger partial charge in [-0.1, -0.05) is 12.1 Å². The van der Waals surface area contributed by atoms with E-state index in [1.54, 1.807) is 28.4 Å². The summed E-state index contributed by atoms with van der Waals surface area (Å²) in [7, 11) is 0. The van der Waals surface area contributed by atoms with Gasteiger partial charge < -0.3 is 9.64 Å². The third kappa shape index (κ3) is 3.08. The Balaban J connectivity index is 1.73. The van der Waals surface area contributed by atoms with Gasteiger partial charge in [0.25, 0.3) is 5.91 Å². The number of hydrogen-bond acceptors (Lipinski definition) is 4. The lowest BCUT2D eigenvalue weighted by atomic mass is 10.1. The first kappa shape index (κ1) is 16.7. The minimum Gasteiger partial charge on any atom is -0.482 e. The standard InChI is InChI=1S/C20H17FN2O2S/c1-12-20(22-13(2)26-12)15-5-8-18-17(9-15)23(19(24)11-25-18)10-14-3-6-16(21)7-4-14/h3-9H,10-11H2,1-2H3. The van der Waals surface area contributed by atoms with E-state index in [-0.39, 0.29) is 18.3 Å². The normalized spacial score (nSPS) is 13.5. The summed E-state index contributed by atoms with van der Waals surface area (Å²) in [5, 5.41) is 1.01. The average molecular weight is 368 g/mol. The number of aryl methyl sites for hydroxylation is 2. The van der Waals surface area contributed by atoms with Crippen molar-refractivity contribution in [1.29, 1.82) is 0 Å². The van der Waals surface area contributed by atoms with Crippen molar-refractivity contribution in [3.8, 4) is 17.0 Å². The van der Waals surface area contributed by atoms with Crippen LogP contribution in [-0.2, 0) is 11.3 Å².